The van der Waals surface area contributed by atoms with E-state index in [1.807, 2.05) is 30.3 Å². The molecular weight excluding hydrogens is 308 g/mol. The molecule has 0 aromatic heterocycles. The van der Waals surface area contributed by atoms with E-state index in [9.17, 15) is 4.79 Å². The van der Waals surface area contributed by atoms with Gasteiger partial charge >= 0.3 is 0 Å². The zero-order valence-corrected chi connectivity index (χ0v) is 15.3. The Hall–Kier alpha value is -2.60. The van der Waals surface area contributed by atoms with Gasteiger partial charge in [0.2, 0.25) is 5.91 Å². The van der Waals surface area contributed by atoms with Crippen molar-refractivity contribution in [3.63, 3.8) is 0 Å². The molecule has 0 aliphatic carbocycles. The molecule has 0 saturated heterocycles. The number of hydrogen-bond acceptors (Lipinski definition) is 2. The first-order chi connectivity index (χ1) is 11.9. The zero-order valence-electron chi connectivity index (χ0n) is 15.3. The number of rotatable bonds is 6. The van der Waals surface area contributed by atoms with E-state index in [-0.39, 0.29) is 17.4 Å². The number of hydrogen-bond donors (Lipinski definition) is 1. The van der Waals surface area contributed by atoms with Gasteiger partial charge in [-0.1, -0.05) is 63.2 Å². The number of aryl methyl sites for hydroxylation is 1. The van der Waals surface area contributed by atoms with Crippen molar-refractivity contribution in [1.29, 1.82) is 5.26 Å². The van der Waals surface area contributed by atoms with E-state index < -0.39 is 0 Å². The molecule has 1 N–H and O–H groups in total. The van der Waals surface area contributed by atoms with Crippen LogP contribution in [0, 0.1) is 16.7 Å². The van der Waals surface area contributed by atoms with Gasteiger partial charge in [0.25, 0.3) is 0 Å². The third kappa shape index (κ3) is 6.43. The van der Waals surface area contributed by atoms with Crippen molar-refractivity contribution in [3.8, 4) is 6.07 Å². The summed E-state index contributed by atoms with van der Waals surface area (Å²) in [5.41, 5.74) is 2.98. The first-order valence-corrected chi connectivity index (χ1v) is 8.71. The third-order valence-electron chi connectivity index (χ3n) is 4.08. The SMILES string of the molecule is CC(C)(C)CC(NC(=O)CCc1ccc(C#N)cc1)c1ccccc1. The van der Waals surface area contributed by atoms with Crippen LogP contribution in [0.5, 0.6) is 0 Å². The monoisotopic (exact) mass is 334 g/mol. The molecule has 2 aromatic carbocycles. The van der Waals surface area contributed by atoms with Crippen molar-refractivity contribution in [2.75, 3.05) is 0 Å². The number of benzene rings is 2. The number of nitriles is 1. The molecule has 130 valence electrons. The van der Waals surface area contributed by atoms with Crippen LogP contribution in [0.4, 0.5) is 0 Å². The molecule has 2 aromatic rings. The van der Waals surface area contributed by atoms with Crippen LogP contribution in [0.15, 0.2) is 54.6 Å². The van der Waals surface area contributed by atoms with Gasteiger partial charge in [-0.3, -0.25) is 4.79 Å². The summed E-state index contributed by atoms with van der Waals surface area (Å²) in [6.45, 7) is 6.56. The second kappa shape index (κ2) is 8.48. The summed E-state index contributed by atoms with van der Waals surface area (Å²) in [5, 5.41) is 12.0. The van der Waals surface area contributed by atoms with Gasteiger partial charge in [0, 0.05) is 6.42 Å². The highest BCUT2D eigenvalue weighted by molar-refractivity contribution is 5.76. The first kappa shape index (κ1) is 18.7. The lowest BCUT2D eigenvalue weighted by molar-refractivity contribution is -0.122. The molecule has 3 nitrogen and oxygen atoms in total. The molecule has 0 aliphatic heterocycles. The third-order valence-corrected chi connectivity index (χ3v) is 4.08. The quantitative estimate of drug-likeness (QED) is 0.826. The minimum Gasteiger partial charge on any atom is -0.349 e. The molecular formula is C22H26N2O. The highest BCUT2D eigenvalue weighted by Crippen LogP contribution is 2.29. The number of carbonyl (C=O) groups is 1. The molecule has 0 radical (unpaired) electrons. The summed E-state index contributed by atoms with van der Waals surface area (Å²) < 4.78 is 0. The fraction of sp³-hybridized carbons (Fsp3) is 0.364. The summed E-state index contributed by atoms with van der Waals surface area (Å²) in [4.78, 5) is 12.4. The predicted molar refractivity (Wildman–Crippen MR) is 101 cm³/mol. The molecule has 25 heavy (non-hydrogen) atoms. The lowest BCUT2D eigenvalue weighted by Crippen LogP contribution is -2.31. The average molecular weight is 334 g/mol. The first-order valence-electron chi connectivity index (χ1n) is 8.71. The van der Waals surface area contributed by atoms with E-state index in [0.29, 0.717) is 18.4 Å². The average Bonchev–Trinajstić information content (AvgIpc) is 2.59. The Morgan fingerprint density at radius 2 is 1.72 bits per heavy atom. The maximum absolute atomic E-state index is 12.4. The number of amides is 1. The standard InChI is InChI=1S/C22H26N2O/c1-22(2,3)15-20(19-7-5-4-6-8-19)24-21(25)14-13-17-9-11-18(16-23)12-10-17/h4-12,20H,13-15H2,1-3H3,(H,24,25). The van der Waals surface area contributed by atoms with E-state index in [4.69, 9.17) is 5.26 Å². The molecule has 2 rings (SSSR count). The summed E-state index contributed by atoms with van der Waals surface area (Å²) in [7, 11) is 0. The number of nitrogens with one attached hydrogen (secondary N) is 1. The Morgan fingerprint density at radius 3 is 2.28 bits per heavy atom. The second-order valence-electron chi connectivity index (χ2n) is 7.60. The normalized spacial score (nSPS) is 12.2. The molecule has 0 spiro atoms. The minimum atomic E-state index is 0.0228. The summed E-state index contributed by atoms with van der Waals surface area (Å²) in [5.74, 6) is 0.0578. The highest BCUT2D eigenvalue weighted by atomic mass is 16.1. The Bertz CT molecular complexity index is 721. The fourth-order valence-corrected chi connectivity index (χ4v) is 2.82. The van der Waals surface area contributed by atoms with Gasteiger partial charge in [-0.2, -0.15) is 5.26 Å². The molecule has 0 heterocycles. The molecule has 0 saturated carbocycles. The summed E-state index contributed by atoms with van der Waals surface area (Å²) in [6, 6.07) is 19.7. The molecule has 0 aliphatic rings. The smallest absolute Gasteiger partial charge is 0.220 e. The Balaban J connectivity index is 1.97. The summed E-state index contributed by atoms with van der Waals surface area (Å²) >= 11 is 0. The van der Waals surface area contributed by atoms with Crippen molar-refractivity contribution in [2.45, 2.75) is 46.1 Å². The fourth-order valence-electron chi connectivity index (χ4n) is 2.82. The molecule has 0 bridgehead atoms. The predicted octanol–water partition coefficient (Wildman–Crippen LogP) is 4.78. The topological polar surface area (TPSA) is 52.9 Å². The van der Waals surface area contributed by atoms with E-state index in [0.717, 1.165) is 17.5 Å². The van der Waals surface area contributed by atoms with E-state index in [1.54, 1.807) is 12.1 Å². The van der Waals surface area contributed by atoms with Gasteiger partial charge in [0.05, 0.1) is 17.7 Å². The Labute approximate surface area is 150 Å². The van der Waals surface area contributed by atoms with Crippen LogP contribution in [0.1, 0.15) is 56.3 Å². The molecule has 1 amide bonds. The van der Waals surface area contributed by atoms with E-state index in [1.165, 1.54) is 0 Å². The number of carbonyl (C=O) groups excluding carboxylic acids is 1. The van der Waals surface area contributed by atoms with Crippen LogP contribution in [-0.2, 0) is 11.2 Å². The second-order valence-corrected chi connectivity index (χ2v) is 7.60. The number of nitrogens with zero attached hydrogens (tertiary/aromatic N) is 1. The van der Waals surface area contributed by atoms with Crippen LogP contribution in [0.3, 0.4) is 0 Å². The van der Waals surface area contributed by atoms with Gasteiger partial charge < -0.3 is 5.32 Å². The lowest BCUT2D eigenvalue weighted by atomic mass is 9.85. The van der Waals surface area contributed by atoms with Gasteiger partial charge in [0.15, 0.2) is 0 Å². The van der Waals surface area contributed by atoms with Gasteiger partial charge in [-0.15, -0.1) is 0 Å². The maximum Gasteiger partial charge on any atom is 0.220 e. The van der Waals surface area contributed by atoms with Crippen molar-refractivity contribution in [3.05, 3.63) is 71.3 Å². The molecule has 1 atom stereocenters. The van der Waals surface area contributed by atoms with Gasteiger partial charge in [0.1, 0.15) is 0 Å². The lowest BCUT2D eigenvalue weighted by Gasteiger charge is -2.27. The molecule has 0 fully saturated rings. The van der Waals surface area contributed by atoms with Crippen molar-refractivity contribution < 1.29 is 4.79 Å². The van der Waals surface area contributed by atoms with Crippen molar-refractivity contribution in [1.82, 2.24) is 5.32 Å². The van der Waals surface area contributed by atoms with E-state index in [2.05, 4.69) is 44.3 Å². The summed E-state index contributed by atoms with van der Waals surface area (Å²) in [6.07, 6.45) is 2.01. The van der Waals surface area contributed by atoms with Gasteiger partial charge in [-0.25, -0.2) is 0 Å². The highest BCUT2D eigenvalue weighted by Gasteiger charge is 2.21. The molecule has 1 unspecified atom stereocenters. The van der Waals surface area contributed by atoms with Crippen LogP contribution >= 0.6 is 0 Å². The van der Waals surface area contributed by atoms with Crippen molar-refractivity contribution in [2.24, 2.45) is 5.41 Å². The van der Waals surface area contributed by atoms with Crippen LogP contribution in [-0.4, -0.2) is 5.91 Å². The van der Waals surface area contributed by atoms with E-state index >= 15 is 0 Å². The van der Waals surface area contributed by atoms with Crippen LogP contribution in [0.2, 0.25) is 0 Å². The van der Waals surface area contributed by atoms with Crippen LogP contribution < -0.4 is 5.32 Å². The Morgan fingerprint density at radius 1 is 1.08 bits per heavy atom. The Kier molecular flexibility index (Phi) is 6.36. The zero-order chi connectivity index (χ0) is 18.3. The van der Waals surface area contributed by atoms with Crippen molar-refractivity contribution >= 4 is 5.91 Å². The minimum absolute atomic E-state index is 0.0228. The molecule has 3 heteroatoms. The van der Waals surface area contributed by atoms with Crippen LogP contribution in [0.25, 0.3) is 0 Å². The largest absolute Gasteiger partial charge is 0.349 e. The maximum atomic E-state index is 12.4. The van der Waals surface area contributed by atoms with Gasteiger partial charge in [-0.05, 0) is 41.5 Å².